The topological polar surface area (TPSA) is 163 Å². The second-order valence-corrected chi connectivity index (χ2v) is 8.20. The molecule has 2 aromatic rings. The van der Waals surface area contributed by atoms with Crippen LogP contribution >= 0.6 is 23.2 Å². The summed E-state index contributed by atoms with van der Waals surface area (Å²) < 4.78 is 32.3. The highest BCUT2D eigenvalue weighted by molar-refractivity contribution is 7.89. The second kappa shape index (κ2) is 7.43. The van der Waals surface area contributed by atoms with Crippen LogP contribution in [0, 0.1) is 0 Å². The molecule has 0 radical (unpaired) electrons. The maximum Gasteiger partial charge on any atom is 0.340 e. The second-order valence-electron chi connectivity index (χ2n) is 5.70. The van der Waals surface area contributed by atoms with Crippen molar-refractivity contribution >= 4 is 51.1 Å². The van der Waals surface area contributed by atoms with Crippen molar-refractivity contribution in [3.05, 3.63) is 33.6 Å². The number of benzene rings is 1. The van der Waals surface area contributed by atoms with E-state index in [0.29, 0.717) is 0 Å². The number of nitrogens with zero attached hydrogens (tertiary/aromatic N) is 3. The number of anilines is 2. The quantitative estimate of drug-likeness (QED) is 0.567. The lowest BCUT2D eigenvalue weighted by atomic mass is 10.2. The number of nitrogens with two attached hydrogens (primary N) is 2. The fraction of sp³-hybridized carbons (Fsp3) is 0.286. The van der Waals surface area contributed by atoms with E-state index in [1.165, 1.54) is 6.07 Å². The molecule has 0 saturated heterocycles. The first-order valence-corrected chi connectivity index (χ1v) is 9.84. The summed E-state index contributed by atoms with van der Waals surface area (Å²) in [4.78, 5) is 23.2. The molecule has 27 heavy (non-hydrogen) atoms. The molecule has 0 spiro atoms. The maximum atomic E-state index is 12.4. The van der Waals surface area contributed by atoms with Crippen LogP contribution in [0.4, 0.5) is 11.9 Å². The van der Waals surface area contributed by atoms with Crippen LogP contribution in [0.5, 0.6) is 0 Å². The van der Waals surface area contributed by atoms with Crippen molar-refractivity contribution in [1.29, 1.82) is 0 Å². The van der Waals surface area contributed by atoms with Gasteiger partial charge in [-0.3, -0.25) is 0 Å². The molecule has 1 fully saturated rings. The van der Waals surface area contributed by atoms with Crippen molar-refractivity contribution in [1.82, 2.24) is 19.7 Å². The Hall–Kier alpha value is -2.21. The van der Waals surface area contributed by atoms with E-state index in [9.17, 15) is 13.2 Å². The van der Waals surface area contributed by atoms with E-state index in [-0.39, 0.29) is 50.9 Å². The van der Waals surface area contributed by atoms with Crippen molar-refractivity contribution in [3.63, 3.8) is 0 Å². The van der Waals surface area contributed by atoms with E-state index >= 15 is 0 Å². The van der Waals surface area contributed by atoms with Crippen LogP contribution in [-0.2, 0) is 21.4 Å². The molecule has 1 aromatic carbocycles. The average molecular weight is 433 g/mol. The first kappa shape index (κ1) is 19.5. The number of carbonyl (C=O) groups is 1. The minimum Gasteiger partial charge on any atom is -0.454 e. The van der Waals surface area contributed by atoms with Crippen molar-refractivity contribution in [3.8, 4) is 0 Å². The monoisotopic (exact) mass is 432 g/mol. The smallest absolute Gasteiger partial charge is 0.340 e. The molecule has 3 rings (SSSR count). The molecule has 10 nitrogen and oxygen atoms in total. The van der Waals surface area contributed by atoms with Crippen LogP contribution in [0.25, 0.3) is 0 Å². The third-order valence-electron chi connectivity index (χ3n) is 3.48. The lowest BCUT2D eigenvalue weighted by molar-refractivity contribution is 0.0462. The molecule has 1 aliphatic carbocycles. The molecule has 0 aliphatic heterocycles. The lowest BCUT2D eigenvalue weighted by Gasteiger charge is -2.11. The number of nitrogens with one attached hydrogen (secondary N) is 1. The Bertz CT molecular complexity index is 993. The molecular formula is C14H14Cl2N6O4S. The Balaban J connectivity index is 1.82. The van der Waals surface area contributed by atoms with Crippen molar-refractivity contribution in [2.24, 2.45) is 0 Å². The Morgan fingerprint density at radius 3 is 2.37 bits per heavy atom. The zero-order valence-corrected chi connectivity index (χ0v) is 16.0. The first-order valence-electron chi connectivity index (χ1n) is 7.60. The van der Waals surface area contributed by atoms with Gasteiger partial charge in [0.1, 0.15) is 4.90 Å². The third kappa shape index (κ3) is 4.75. The van der Waals surface area contributed by atoms with Gasteiger partial charge in [0.2, 0.25) is 21.9 Å². The number of carbonyl (C=O) groups excluding carboxylic acids is 1. The highest BCUT2D eigenvalue weighted by Gasteiger charge is 2.30. The van der Waals surface area contributed by atoms with E-state index in [2.05, 4.69) is 19.7 Å². The molecule has 1 heterocycles. The van der Waals surface area contributed by atoms with Gasteiger partial charge in [-0.2, -0.15) is 15.0 Å². The molecule has 0 unspecified atom stereocenters. The molecule has 1 aliphatic rings. The summed E-state index contributed by atoms with van der Waals surface area (Å²) in [5, 5.41) is -0.173. The Morgan fingerprint density at radius 1 is 1.15 bits per heavy atom. The van der Waals surface area contributed by atoms with E-state index in [1.807, 2.05) is 0 Å². The maximum absolute atomic E-state index is 12.4. The number of sulfonamides is 1. The van der Waals surface area contributed by atoms with Gasteiger partial charge in [0.05, 0.1) is 15.6 Å². The van der Waals surface area contributed by atoms with Gasteiger partial charge in [0.25, 0.3) is 0 Å². The van der Waals surface area contributed by atoms with E-state index in [1.54, 1.807) is 0 Å². The van der Waals surface area contributed by atoms with Crippen LogP contribution in [0.3, 0.4) is 0 Å². The Morgan fingerprint density at radius 2 is 1.78 bits per heavy atom. The Labute approximate surface area is 164 Å². The Kier molecular flexibility index (Phi) is 5.38. The summed E-state index contributed by atoms with van der Waals surface area (Å²) in [6.45, 7) is -0.364. The molecule has 13 heteroatoms. The van der Waals surface area contributed by atoms with Gasteiger partial charge in [0.15, 0.2) is 12.4 Å². The minimum atomic E-state index is -3.89. The summed E-state index contributed by atoms with van der Waals surface area (Å²) in [6.07, 6.45) is 1.50. The van der Waals surface area contributed by atoms with Gasteiger partial charge < -0.3 is 16.2 Å². The molecular weight excluding hydrogens is 419 g/mol. The van der Waals surface area contributed by atoms with Crippen LogP contribution < -0.4 is 16.2 Å². The van der Waals surface area contributed by atoms with Crippen LogP contribution in [0.1, 0.15) is 29.0 Å². The van der Waals surface area contributed by atoms with Gasteiger partial charge in [-0.25, -0.2) is 17.9 Å². The molecule has 0 atom stereocenters. The molecule has 0 bridgehead atoms. The fourth-order valence-corrected chi connectivity index (χ4v) is 4.26. The fourth-order valence-electron chi connectivity index (χ4n) is 2.10. The number of esters is 1. The van der Waals surface area contributed by atoms with Gasteiger partial charge in [-0.1, -0.05) is 23.2 Å². The highest BCUT2D eigenvalue weighted by Crippen LogP contribution is 2.31. The normalized spacial score (nSPS) is 14.1. The number of ether oxygens (including phenoxy) is 1. The van der Waals surface area contributed by atoms with Gasteiger partial charge in [-0.05, 0) is 25.0 Å². The predicted octanol–water partition coefficient (Wildman–Crippen LogP) is 1.14. The lowest BCUT2D eigenvalue weighted by Crippen LogP contribution is -2.26. The van der Waals surface area contributed by atoms with E-state index in [4.69, 9.17) is 39.4 Å². The van der Waals surface area contributed by atoms with Crippen molar-refractivity contribution < 1.29 is 17.9 Å². The standard InChI is InChI=1S/C14H14Cl2N6O4S/c15-8-4-9(16)10(27(24,25)22-6-1-2-6)3-7(8)12(23)26-5-11-19-13(17)21-14(18)20-11/h3-4,6,22H,1-2,5H2,(H4,17,18,19,20,21). The number of rotatable bonds is 6. The van der Waals surface area contributed by atoms with E-state index in [0.717, 1.165) is 18.9 Å². The first-order chi connectivity index (χ1) is 12.7. The average Bonchev–Trinajstić information content (AvgIpc) is 3.34. The van der Waals surface area contributed by atoms with Crippen LogP contribution in [0.15, 0.2) is 17.0 Å². The molecule has 1 aromatic heterocycles. The summed E-state index contributed by atoms with van der Waals surface area (Å²) in [5.41, 5.74) is 10.7. The number of nitrogen functional groups attached to an aromatic ring is 2. The minimum absolute atomic E-state index is 0.0293. The predicted molar refractivity (Wildman–Crippen MR) is 97.6 cm³/mol. The van der Waals surface area contributed by atoms with E-state index < -0.39 is 16.0 Å². The summed E-state index contributed by atoms with van der Waals surface area (Å²) in [5.74, 6) is -1.12. The SMILES string of the molecule is Nc1nc(N)nc(COC(=O)c2cc(S(=O)(=O)NC3CC3)c(Cl)cc2Cl)n1. The summed E-state index contributed by atoms with van der Waals surface area (Å²) >= 11 is 12.0. The number of aromatic nitrogens is 3. The number of halogens is 2. The summed E-state index contributed by atoms with van der Waals surface area (Å²) in [6, 6.07) is 2.10. The molecule has 0 amide bonds. The molecule has 1 saturated carbocycles. The van der Waals surface area contributed by atoms with Gasteiger partial charge in [0, 0.05) is 6.04 Å². The number of hydrogen-bond acceptors (Lipinski definition) is 9. The van der Waals surface area contributed by atoms with Crippen molar-refractivity contribution in [2.75, 3.05) is 11.5 Å². The zero-order chi connectivity index (χ0) is 19.8. The third-order valence-corrected chi connectivity index (χ3v) is 5.78. The van der Waals surface area contributed by atoms with Gasteiger partial charge >= 0.3 is 5.97 Å². The zero-order valence-electron chi connectivity index (χ0n) is 13.6. The summed E-state index contributed by atoms with van der Waals surface area (Å²) in [7, 11) is -3.89. The van der Waals surface area contributed by atoms with Crippen LogP contribution in [-0.4, -0.2) is 35.4 Å². The molecule has 144 valence electrons. The van der Waals surface area contributed by atoms with Crippen LogP contribution in [0.2, 0.25) is 10.0 Å². The largest absolute Gasteiger partial charge is 0.454 e. The van der Waals surface area contributed by atoms with Gasteiger partial charge in [-0.15, -0.1) is 0 Å². The highest BCUT2D eigenvalue weighted by atomic mass is 35.5. The molecule has 5 N–H and O–H groups in total. The number of hydrogen-bond donors (Lipinski definition) is 3. The van der Waals surface area contributed by atoms with Crippen molar-refractivity contribution in [2.45, 2.75) is 30.4 Å².